The van der Waals surface area contributed by atoms with Crippen LogP contribution in [0.4, 0.5) is 13.2 Å². The van der Waals surface area contributed by atoms with Gasteiger partial charge in [-0.3, -0.25) is 4.99 Å². The molecule has 0 heterocycles. The summed E-state index contributed by atoms with van der Waals surface area (Å²) in [6.45, 7) is -0.304. The van der Waals surface area contributed by atoms with Gasteiger partial charge >= 0.3 is 6.61 Å². The molecule has 5 nitrogen and oxygen atoms in total. The molecular formula is C19H22F3N3O2. The minimum atomic E-state index is -2.86. The maximum absolute atomic E-state index is 13.6. The second-order valence-corrected chi connectivity index (χ2v) is 5.69. The van der Waals surface area contributed by atoms with Gasteiger partial charge in [0, 0.05) is 13.6 Å². The number of rotatable bonds is 8. The molecule has 2 N–H and O–H groups in total. The molecule has 8 heteroatoms. The third-order valence-corrected chi connectivity index (χ3v) is 3.53. The monoisotopic (exact) mass is 381 g/mol. The molecule has 2 aromatic rings. The van der Waals surface area contributed by atoms with Crippen LogP contribution in [-0.2, 0) is 6.54 Å². The van der Waals surface area contributed by atoms with E-state index in [9.17, 15) is 13.2 Å². The first-order valence-electron chi connectivity index (χ1n) is 8.37. The van der Waals surface area contributed by atoms with Crippen molar-refractivity contribution in [3.8, 4) is 11.5 Å². The highest BCUT2D eigenvalue weighted by atomic mass is 19.3. The summed E-state index contributed by atoms with van der Waals surface area (Å²) in [4.78, 5) is 4.08. The molecule has 0 saturated heterocycles. The Morgan fingerprint density at radius 1 is 1.07 bits per heavy atom. The smallest absolute Gasteiger partial charge is 0.387 e. The van der Waals surface area contributed by atoms with Gasteiger partial charge in [0.1, 0.15) is 11.9 Å². The van der Waals surface area contributed by atoms with Crippen LogP contribution in [-0.4, -0.2) is 32.3 Å². The lowest BCUT2D eigenvalue weighted by Crippen LogP contribution is -2.41. The van der Waals surface area contributed by atoms with Crippen LogP contribution in [0, 0.1) is 5.82 Å². The second-order valence-electron chi connectivity index (χ2n) is 5.69. The predicted octanol–water partition coefficient (Wildman–Crippen LogP) is 3.56. The van der Waals surface area contributed by atoms with E-state index in [0.29, 0.717) is 19.0 Å². The highest BCUT2D eigenvalue weighted by molar-refractivity contribution is 5.79. The highest BCUT2D eigenvalue weighted by Gasteiger charge is 2.09. The van der Waals surface area contributed by atoms with Gasteiger partial charge in [-0.2, -0.15) is 8.78 Å². The van der Waals surface area contributed by atoms with E-state index in [1.54, 1.807) is 44.3 Å². The first-order valence-corrected chi connectivity index (χ1v) is 8.37. The van der Waals surface area contributed by atoms with Crippen molar-refractivity contribution in [2.45, 2.75) is 26.2 Å². The molecule has 0 aliphatic heterocycles. The molecule has 0 bridgehead atoms. The Morgan fingerprint density at radius 3 is 2.56 bits per heavy atom. The van der Waals surface area contributed by atoms with Crippen molar-refractivity contribution >= 4 is 5.96 Å². The third-order valence-electron chi connectivity index (χ3n) is 3.53. The van der Waals surface area contributed by atoms with Gasteiger partial charge in [-0.15, -0.1) is 0 Å². The molecule has 0 fully saturated rings. The molecule has 0 aliphatic rings. The van der Waals surface area contributed by atoms with Crippen LogP contribution in [0.2, 0.25) is 0 Å². The molecule has 0 amide bonds. The van der Waals surface area contributed by atoms with Crippen molar-refractivity contribution in [1.29, 1.82) is 0 Å². The Kier molecular flexibility index (Phi) is 7.79. The summed E-state index contributed by atoms with van der Waals surface area (Å²) < 4.78 is 48.1. The standard InChI is InChI=1S/C19H22F3N3O2/c1-13(26-17-9-4-3-8-16(17)20)11-24-19(23-2)25-12-14-6-5-7-15(10-14)27-18(21)22/h3-10,13,18H,11-12H2,1-2H3,(H2,23,24,25). The fourth-order valence-corrected chi connectivity index (χ4v) is 2.28. The van der Waals surface area contributed by atoms with E-state index in [0.717, 1.165) is 5.56 Å². The fraction of sp³-hybridized carbons (Fsp3) is 0.316. The average molecular weight is 381 g/mol. The maximum Gasteiger partial charge on any atom is 0.387 e. The highest BCUT2D eigenvalue weighted by Crippen LogP contribution is 2.17. The number of hydrogen-bond donors (Lipinski definition) is 2. The number of para-hydroxylation sites is 1. The quantitative estimate of drug-likeness (QED) is 0.542. The molecule has 1 unspecified atom stereocenters. The summed E-state index contributed by atoms with van der Waals surface area (Å²) in [5.74, 6) is 0.363. The van der Waals surface area contributed by atoms with Crippen molar-refractivity contribution in [2.24, 2.45) is 4.99 Å². The first-order chi connectivity index (χ1) is 13.0. The Hall–Kier alpha value is -2.90. The van der Waals surface area contributed by atoms with Gasteiger partial charge in [0.15, 0.2) is 17.5 Å². The topological polar surface area (TPSA) is 54.9 Å². The van der Waals surface area contributed by atoms with Crippen molar-refractivity contribution in [2.75, 3.05) is 13.6 Å². The SMILES string of the molecule is CN=C(NCc1cccc(OC(F)F)c1)NCC(C)Oc1ccccc1F. The number of benzene rings is 2. The van der Waals surface area contributed by atoms with E-state index < -0.39 is 12.4 Å². The minimum absolute atomic E-state index is 0.0964. The molecule has 2 rings (SSSR count). The Labute approximate surface area is 156 Å². The third kappa shape index (κ3) is 7.08. The summed E-state index contributed by atoms with van der Waals surface area (Å²) in [5.41, 5.74) is 0.756. The molecule has 27 heavy (non-hydrogen) atoms. The lowest BCUT2D eigenvalue weighted by atomic mass is 10.2. The van der Waals surface area contributed by atoms with Gasteiger partial charge in [0.05, 0.1) is 6.54 Å². The molecule has 0 spiro atoms. The van der Waals surface area contributed by atoms with Crippen molar-refractivity contribution < 1.29 is 22.6 Å². The van der Waals surface area contributed by atoms with Crippen molar-refractivity contribution in [3.05, 3.63) is 59.9 Å². The molecule has 1 atom stereocenters. The van der Waals surface area contributed by atoms with E-state index in [1.807, 2.05) is 0 Å². The number of hydrogen-bond acceptors (Lipinski definition) is 3. The van der Waals surface area contributed by atoms with Crippen LogP contribution < -0.4 is 20.1 Å². The number of guanidine groups is 1. The number of halogens is 3. The molecule has 0 aliphatic carbocycles. The Bertz CT molecular complexity index is 756. The molecule has 0 aromatic heterocycles. The average Bonchev–Trinajstić information content (AvgIpc) is 2.63. The van der Waals surface area contributed by atoms with E-state index in [2.05, 4.69) is 20.4 Å². The summed E-state index contributed by atoms with van der Waals surface area (Å²) in [6, 6.07) is 12.6. The van der Waals surface area contributed by atoms with Crippen LogP contribution >= 0.6 is 0 Å². The molecule has 146 valence electrons. The van der Waals surface area contributed by atoms with Crippen LogP contribution in [0.3, 0.4) is 0 Å². The summed E-state index contributed by atoms with van der Waals surface area (Å²) in [6.07, 6.45) is -0.303. The summed E-state index contributed by atoms with van der Waals surface area (Å²) in [7, 11) is 1.61. The Morgan fingerprint density at radius 2 is 1.85 bits per heavy atom. The minimum Gasteiger partial charge on any atom is -0.486 e. The van der Waals surface area contributed by atoms with Gasteiger partial charge in [-0.1, -0.05) is 24.3 Å². The summed E-state index contributed by atoms with van der Waals surface area (Å²) >= 11 is 0. The normalized spacial score (nSPS) is 12.6. The fourth-order valence-electron chi connectivity index (χ4n) is 2.28. The molecular weight excluding hydrogens is 359 g/mol. The molecule has 0 saturated carbocycles. The van der Waals surface area contributed by atoms with Gasteiger partial charge < -0.3 is 20.1 Å². The molecule has 0 radical (unpaired) electrons. The van der Waals surface area contributed by atoms with Crippen LogP contribution in [0.5, 0.6) is 11.5 Å². The van der Waals surface area contributed by atoms with E-state index in [1.165, 1.54) is 18.2 Å². The number of ether oxygens (including phenoxy) is 2. The van der Waals surface area contributed by atoms with E-state index >= 15 is 0 Å². The lowest BCUT2D eigenvalue weighted by Gasteiger charge is -2.18. The largest absolute Gasteiger partial charge is 0.486 e. The van der Waals surface area contributed by atoms with E-state index in [-0.39, 0.29) is 17.6 Å². The zero-order valence-electron chi connectivity index (χ0n) is 15.1. The first kappa shape index (κ1) is 20.4. The second kappa shape index (κ2) is 10.3. The van der Waals surface area contributed by atoms with Gasteiger partial charge in [-0.05, 0) is 36.8 Å². The van der Waals surface area contributed by atoms with Crippen LogP contribution in [0.15, 0.2) is 53.5 Å². The van der Waals surface area contributed by atoms with Gasteiger partial charge in [0.2, 0.25) is 0 Å². The van der Waals surface area contributed by atoms with E-state index in [4.69, 9.17) is 4.74 Å². The van der Waals surface area contributed by atoms with Crippen LogP contribution in [0.1, 0.15) is 12.5 Å². The number of alkyl halides is 2. The number of nitrogens with zero attached hydrogens (tertiary/aromatic N) is 1. The molecule has 2 aromatic carbocycles. The van der Waals surface area contributed by atoms with Crippen LogP contribution in [0.25, 0.3) is 0 Å². The van der Waals surface area contributed by atoms with Gasteiger partial charge in [0.25, 0.3) is 0 Å². The summed E-state index contributed by atoms with van der Waals surface area (Å²) in [5, 5.41) is 6.13. The Balaban J connectivity index is 1.81. The van der Waals surface area contributed by atoms with Gasteiger partial charge in [-0.25, -0.2) is 4.39 Å². The maximum atomic E-state index is 13.6. The zero-order chi connectivity index (χ0) is 19.6. The predicted molar refractivity (Wildman–Crippen MR) is 97.8 cm³/mol. The number of aliphatic imine (C=N–C) groups is 1. The number of nitrogens with one attached hydrogen (secondary N) is 2. The lowest BCUT2D eigenvalue weighted by molar-refractivity contribution is -0.0498. The zero-order valence-corrected chi connectivity index (χ0v) is 15.1. The van der Waals surface area contributed by atoms with Crippen molar-refractivity contribution in [3.63, 3.8) is 0 Å². The van der Waals surface area contributed by atoms with Crippen molar-refractivity contribution in [1.82, 2.24) is 10.6 Å².